The summed E-state index contributed by atoms with van der Waals surface area (Å²) in [6.45, 7) is 3.20. The fourth-order valence-corrected chi connectivity index (χ4v) is 4.25. The first-order chi connectivity index (χ1) is 11.5. The van der Waals surface area contributed by atoms with Crippen LogP contribution < -0.4 is 0 Å². The second-order valence-corrected chi connectivity index (χ2v) is 7.84. The van der Waals surface area contributed by atoms with Crippen molar-refractivity contribution in [1.82, 2.24) is 19.4 Å². The Morgan fingerprint density at radius 1 is 1.17 bits per heavy atom. The molecular formula is C16H20N4O3S. The first-order valence-electron chi connectivity index (χ1n) is 7.79. The van der Waals surface area contributed by atoms with E-state index in [1.54, 1.807) is 23.1 Å². The summed E-state index contributed by atoms with van der Waals surface area (Å²) in [6, 6.07) is 10.8. The van der Waals surface area contributed by atoms with Crippen molar-refractivity contribution in [2.24, 2.45) is 0 Å². The molecule has 1 aliphatic rings. The van der Waals surface area contributed by atoms with Crippen LogP contribution in [0.4, 0.5) is 0 Å². The molecular weight excluding hydrogens is 328 g/mol. The SMILES string of the molecule is Cc1cc(C(=O)N2CCN(S(=O)(=O)Cc3ccccc3)CC2)n[nH]1. The molecule has 1 N–H and O–H groups in total. The van der Waals surface area contributed by atoms with E-state index in [4.69, 9.17) is 0 Å². The van der Waals surface area contributed by atoms with Crippen molar-refractivity contribution in [3.63, 3.8) is 0 Å². The van der Waals surface area contributed by atoms with Gasteiger partial charge in [-0.2, -0.15) is 9.40 Å². The number of rotatable bonds is 4. The van der Waals surface area contributed by atoms with Crippen molar-refractivity contribution >= 4 is 15.9 Å². The number of piperazine rings is 1. The highest BCUT2D eigenvalue weighted by Gasteiger charge is 2.29. The quantitative estimate of drug-likeness (QED) is 0.893. The molecule has 24 heavy (non-hydrogen) atoms. The van der Waals surface area contributed by atoms with E-state index in [9.17, 15) is 13.2 Å². The topological polar surface area (TPSA) is 86.4 Å². The molecule has 0 unspecified atom stereocenters. The van der Waals surface area contributed by atoms with Gasteiger partial charge in [0.15, 0.2) is 0 Å². The third kappa shape index (κ3) is 3.65. The summed E-state index contributed by atoms with van der Waals surface area (Å²) in [5.41, 5.74) is 1.96. The number of aromatic amines is 1. The molecule has 128 valence electrons. The number of H-pyrrole nitrogens is 1. The van der Waals surface area contributed by atoms with Crippen LogP contribution in [-0.2, 0) is 15.8 Å². The average molecular weight is 348 g/mol. The highest BCUT2D eigenvalue weighted by atomic mass is 32.2. The Bertz CT molecular complexity index is 809. The zero-order chi connectivity index (χ0) is 17.2. The molecule has 3 rings (SSSR count). The summed E-state index contributed by atoms with van der Waals surface area (Å²) >= 11 is 0. The molecule has 0 bridgehead atoms. The molecule has 0 saturated carbocycles. The Morgan fingerprint density at radius 2 is 1.83 bits per heavy atom. The van der Waals surface area contributed by atoms with Gasteiger partial charge in [0.2, 0.25) is 10.0 Å². The number of carbonyl (C=O) groups excluding carboxylic acids is 1. The number of aromatic nitrogens is 2. The molecule has 0 aliphatic carbocycles. The number of carbonyl (C=O) groups is 1. The fraction of sp³-hybridized carbons (Fsp3) is 0.375. The smallest absolute Gasteiger partial charge is 0.274 e. The van der Waals surface area contributed by atoms with Crippen LogP contribution in [0.2, 0.25) is 0 Å². The third-order valence-electron chi connectivity index (χ3n) is 4.04. The Kier molecular flexibility index (Phi) is 4.68. The van der Waals surface area contributed by atoms with Crippen LogP contribution in [0, 0.1) is 6.92 Å². The fourth-order valence-electron chi connectivity index (χ4n) is 2.74. The van der Waals surface area contributed by atoms with Crippen LogP contribution in [-0.4, -0.2) is 59.9 Å². The van der Waals surface area contributed by atoms with Gasteiger partial charge in [-0.3, -0.25) is 9.89 Å². The largest absolute Gasteiger partial charge is 0.335 e. The standard InChI is InChI=1S/C16H20N4O3S/c1-13-11-15(18-17-13)16(21)19-7-9-20(10-8-19)24(22,23)12-14-5-3-2-4-6-14/h2-6,11H,7-10,12H2,1H3,(H,17,18). The van der Waals surface area contributed by atoms with E-state index < -0.39 is 10.0 Å². The van der Waals surface area contributed by atoms with Crippen LogP contribution in [0.1, 0.15) is 21.7 Å². The van der Waals surface area contributed by atoms with Gasteiger partial charge in [0.05, 0.1) is 5.75 Å². The van der Waals surface area contributed by atoms with E-state index in [0.29, 0.717) is 31.9 Å². The van der Waals surface area contributed by atoms with E-state index in [-0.39, 0.29) is 11.7 Å². The van der Waals surface area contributed by atoms with Crippen LogP contribution in [0.5, 0.6) is 0 Å². The van der Waals surface area contributed by atoms with Gasteiger partial charge in [0, 0.05) is 31.9 Å². The summed E-state index contributed by atoms with van der Waals surface area (Å²) < 4.78 is 26.5. The minimum atomic E-state index is -3.37. The summed E-state index contributed by atoms with van der Waals surface area (Å²) in [6.07, 6.45) is 0. The molecule has 1 amide bonds. The number of amides is 1. The van der Waals surface area contributed by atoms with Crippen molar-refractivity contribution in [3.05, 3.63) is 53.3 Å². The summed E-state index contributed by atoms with van der Waals surface area (Å²) in [4.78, 5) is 14.0. The Morgan fingerprint density at radius 3 is 2.42 bits per heavy atom. The summed E-state index contributed by atoms with van der Waals surface area (Å²) in [5.74, 6) is -0.181. The first-order valence-corrected chi connectivity index (χ1v) is 9.40. The lowest BCUT2D eigenvalue weighted by Crippen LogP contribution is -2.50. The lowest BCUT2D eigenvalue weighted by molar-refractivity contribution is 0.0692. The second kappa shape index (κ2) is 6.74. The number of hydrogen-bond acceptors (Lipinski definition) is 4. The Balaban J connectivity index is 1.61. The molecule has 1 fully saturated rings. The molecule has 1 aliphatic heterocycles. The maximum Gasteiger partial charge on any atom is 0.274 e. The van der Waals surface area contributed by atoms with Gasteiger partial charge in [0.25, 0.3) is 5.91 Å². The second-order valence-electron chi connectivity index (χ2n) is 5.87. The number of sulfonamides is 1. The van der Waals surface area contributed by atoms with Crippen LogP contribution >= 0.6 is 0 Å². The third-order valence-corrected chi connectivity index (χ3v) is 5.89. The van der Waals surface area contributed by atoms with Crippen molar-refractivity contribution in [1.29, 1.82) is 0 Å². The highest BCUT2D eigenvalue weighted by molar-refractivity contribution is 7.88. The van der Waals surface area contributed by atoms with Gasteiger partial charge in [0.1, 0.15) is 5.69 Å². The Hall–Kier alpha value is -2.19. The molecule has 2 heterocycles. The highest BCUT2D eigenvalue weighted by Crippen LogP contribution is 2.15. The molecule has 0 atom stereocenters. The minimum Gasteiger partial charge on any atom is -0.335 e. The van der Waals surface area contributed by atoms with Gasteiger partial charge in [-0.15, -0.1) is 0 Å². The Labute approximate surface area is 141 Å². The number of nitrogens with one attached hydrogen (secondary N) is 1. The van der Waals surface area contributed by atoms with Gasteiger partial charge < -0.3 is 4.90 Å². The zero-order valence-electron chi connectivity index (χ0n) is 13.5. The average Bonchev–Trinajstić information content (AvgIpc) is 3.01. The normalized spacial score (nSPS) is 16.3. The monoisotopic (exact) mass is 348 g/mol. The molecule has 1 saturated heterocycles. The predicted octanol–water partition coefficient (Wildman–Crippen LogP) is 1.01. The van der Waals surface area contributed by atoms with Crippen LogP contribution in [0.3, 0.4) is 0 Å². The van der Waals surface area contributed by atoms with Crippen LogP contribution in [0.15, 0.2) is 36.4 Å². The lowest BCUT2D eigenvalue weighted by Gasteiger charge is -2.33. The van der Waals surface area contributed by atoms with E-state index in [2.05, 4.69) is 10.2 Å². The van der Waals surface area contributed by atoms with E-state index in [0.717, 1.165) is 11.3 Å². The number of nitrogens with zero attached hydrogens (tertiary/aromatic N) is 3. The first kappa shape index (κ1) is 16.7. The molecule has 8 heteroatoms. The van der Waals surface area contributed by atoms with Crippen molar-refractivity contribution in [2.45, 2.75) is 12.7 Å². The van der Waals surface area contributed by atoms with E-state index >= 15 is 0 Å². The van der Waals surface area contributed by atoms with E-state index in [1.807, 2.05) is 25.1 Å². The lowest BCUT2D eigenvalue weighted by atomic mass is 10.2. The number of benzene rings is 1. The maximum atomic E-state index is 12.5. The van der Waals surface area contributed by atoms with Crippen molar-refractivity contribution < 1.29 is 13.2 Å². The van der Waals surface area contributed by atoms with Gasteiger partial charge in [-0.25, -0.2) is 8.42 Å². The van der Waals surface area contributed by atoms with Gasteiger partial charge >= 0.3 is 0 Å². The minimum absolute atomic E-state index is 0.0135. The maximum absolute atomic E-state index is 12.5. The molecule has 0 radical (unpaired) electrons. The number of aryl methyl sites for hydroxylation is 1. The molecule has 2 aromatic rings. The molecule has 0 spiro atoms. The van der Waals surface area contributed by atoms with Crippen molar-refractivity contribution in [3.8, 4) is 0 Å². The van der Waals surface area contributed by atoms with Crippen LogP contribution in [0.25, 0.3) is 0 Å². The van der Waals surface area contributed by atoms with Crippen molar-refractivity contribution in [2.75, 3.05) is 26.2 Å². The van der Waals surface area contributed by atoms with E-state index in [1.165, 1.54) is 4.31 Å². The molecule has 7 nitrogen and oxygen atoms in total. The molecule has 1 aromatic heterocycles. The number of hydrogen-bond donors (Lipinski definition) is 1. The van der Waals surface area contributed by atoms with Gasteiger partial charge in [-0.1, -0.05) is 30.3 Å². The predicted molar refractivity (Wildman–Crippen MR) is 89.9 cm³/mol. The van der Waals surface area contributed by atoms with Gasteiger partial charge in [-0.05, 0) is 18.6 Å². The summed E-state index contributed by atoms with van der Waals surface area (Å²) in [5, 5.41) is 6.71. The summed E-state index contributed by atoms with van der Waals surface area (Å²) in [7, 11) is -3.37. The zero-order valence-corrected chi connectivity index (χ0v) is 14.3. The molecule has 1 aromatic carbocycles.